The van der Waals surface area contributed by atoms with Crippen molar-refractivity contribution in [2.75, 3.05) is 18.4 Å². The van der Waals surface area contributed by atoms with Crippen LogP contribution in [0.5, 0.6) is 0 Å². The predicted octanol–water partition coefficient (Wildman–Crippen LogP) is 2.28. The summed E-state index contributed by atoms with van der Waals surface area (Å²) in [6.07, 6.45) is 5.64. The summed E-state index contributed by atoms with van der Waals surface area (Å²) in [4.78, 5) is 15.6. The molecule has 1 fully saturated rings. The average Bonchev–Trinajstić information content (AvgIpc) is 3.11. The van der Waals surface area contributed by atoms with Crippen molar-refractivity contribution >= 4 is 11.6 Å². The van der Waals surface area contributed by atoms with E-state index in [4.69, 9.17) is 4.42 Å². The SMILES string of the molecule is O=C(CNCC1CC1)Nc1ccc(-c2cnco2)cc1. The van der Waals surface area contributed by atoms with Gasteiger partial charge in [-0.15, -0.1) is 0 Å². The van der Waals surface area contributed by atoms with Crippen LogP contribution in [0.1, 0.15) is 12.8 Å². The molecular weight excluding hydrogens is 254 g/mol. The molecule has 2 aromatic rings. The number of rotatable bonds is 6. The Hall–Kier alpha value is -2.14. The predicted molar refractivity (Wildman–Crippen MR) is 76.2 cm³/mol. The van der Waals surface area contributed by atoms with E-state index in [0.29, 0.717) is 12.3 Å². The fourth-order valence-electron chi connectivity index (χ4n) is 1.99. The van der Waals surface area contributed by atoms with Crippen LogP contribution in [0.4, 0.5) is 5.69 Å². The van der Waals surface area contributed by atoms with Gasteiger partial charge in [-0.2, -0.15) is 0 Å². The number of carbonyl (C=O) groups is 1. The van der Waals surface area contributed by atoms with Gasteiger partial charge in [0.1, 0.15) is 0 Å². The van der Waals surface area contributed by atoms with Crippen molar-refractivity contribution in [1.82, 2.24) is 10.3 Å². The molecular formula is C15H17N3O2. The number of amides is 1. The molecule has 0 atom stereocenters. The van der Waals surface area contributed by atoms with Crippen molar-refractivity contribution in [1.29, 1.82) is 0 Å². The lowest BCUT2D eigenvalue weighted by Gasteiger charge is -2.06. The first-order chi connectivity index (χ1) is 9.81. The highest BCUT2D eigenvalue weighted by Gasteiger charge is 2.20. The average molecular weight is 271 g/mol. The van der Waals surface area contributed by atoms with Gasteiger partial charge in [0.05, 0.1) is 12.7 Å². The van der Waals surface area contributed by atoms with Gasteiger partial charge in [0, 0.05) is 11.3 Å². The van der Waals surface area contributed by atoms with E-state index in [1.807, 2.05) is 24.3 Å². The Morgan fingerprint density at radius 2 is 2.10 bits per heavy atom. The molecule has 0 saturated heterocycles. The fraction of sp³-hybridized carbons (Fsp3) is 0.333. The first-order valence-electron chi connectivity index (χ1n) is 6.81. The topological polar surface area (TPSA) is 67.2 Å². The number of hydrogen-bond donors (Lipinski definition) is 2. The molecule has 1 heterocycles. The zero-order chi connectivity index (χ0) is 13.8. The number of benzene rings is 1. The molecule has 1 aromatic heterocycles. The lowest BCUT2D eigenvalue weighted by molar-refractivity contribution is -0.115. The van der Waals surface area contributed by atoms with Gasteiger partial charge >= 0.3 is 0 Å². The highest BCUT2D eigenvalue weighted by Crippen LogP contribution is 2.27. The van der Waals surface area contributed by atoms with Crippen molar-refractivity contribution < 1.29 is 9.21 Å². The Labute approximate surface area is 117 Å². The van der Waals surface area contributed by atoms with Crippen molar-refractivity contribution in [2.24, 2.45) is 5.92 Å². The van der Waals surface area contributed by atoms with Crippen molar-refractivity contribution in [3.8, 4) is 11.3 Å². The van der Waals surface area contributed by atoms with E-state index in [-0.39, 0.29) is 5.91 Å². The Morgan fingerprint density at radius 1 is 1.30 bits per heavy atom. The van der Waals surface area contributed by atoms with Gasteiger partial charge in [0.15, 0.2) is 12.2 Å². The minimum Gasteiger partial charge on any atom is -0.444 e. The number of nitrogens with one attached hydrogen (secondary N) is 2. The van der Waals surface area contributed by atoms with Crippen LogP contribution in [0.25, 0.3) is 11.3 Å². The summed E-state index contributed by atoms with van der Waals surface area (Å²) >= 11 is 0. The molecule has 1 aromatic carbocycles. The third-order valence-corrected chi connectivity index (χ3v) is 3.30. The molecule has 0 unspecified atom stereocenters. The Bertz CT molecular complexity index is 559. The van der Waals surface area contributed by atoms with Crippen LogP contribution in [-0.4, -0.2) is 24.0 Å². The molecule has 1 aliphatic rings. The van der Waals surface area contributed by atoms with Crippen LogP contribution in [0.3, 0.4) is 0 Å². The number of oxazole rings is 1. The van der Waals surface area contributed by atoms with Crippen LogP contribution in [0.2, 0.25) is 0 Å². The lowest BCUT2D eigenvalue weighted by atomic mass is 10.2. The quantitative estimate of drug-likeness (QED) is 0.846. The van der Waals surface area contributed by atoms with Gasteiger partial charge in [-0.25, -0.2) is 4.98 Å². The highest BCUT2D eigenvalue weighted by atomic mass is 16.3. The monoisotopic (exact) mass is 271 g/mol. The number of nitrogens with zero attached hydrogens (tertiary/aromatic N) is 1. The molecule has 0 spiro atoms. The zero-order valence-electron chi connectivity index (χ0n) is 11.1. The summed E-state index contributed by atoms with van der Waals surface area (Å²) in [5.74, 6) is 1.48. The van der Waals surface area contributed by atoms with Crippen LogP contribution < -0.4 is 10.6 Å². The van der Waals surface area contributed by atoms with Gasteiger partial charge in [-0.1, -0.05) is 0 Å². The van der Waals surface area contributed by atoms with Gasteiger partial charge in [-0.3, -0.25) is 4.79 Å². The summed E-state index contributed by atoms with van der Waals surface area (Å²) < 4.78 is 5.21. The lowest BCUT2D eigenvalue weighted by Crippen LogP contribution is -2.29. The second-order valence-electron chi connectivity index (χ2n) is 5.07. The van der Waals surface area contributed by atoms with E-state index >= 15 is 0 Å². The number of anilines is 1. The summed E-state index contributed by atoms with van der Waals surface area (Å²) in [5.41, 5.74) is 1.72. The summed E-state index contributed by atoms with van der Waals surface area (Å²) in [6.45, 7) is 1.30. The molecule has 5 heteroatoms. The second-order valence-corrected chi connectivity index (χ2v) is 5.07. The van der Waals surface area contributed by atoms with Crippen molar-refractivity contribution in [2.45, 2.75) is 12.8 Å². The zero-order valence-corrected chi connectivity index (χ0v) is 11.1. The van der Waals surface area contributed by atoms with Crippen LogP contribution in [0, 0.1) is 5.92 Å². The summed E-state index contributed by atoms with van der Waals surface area (Å²) in [6, 6.07) is 7.51. The van der Waals surface area contributed by atoms with Gasteiger partial charge in [0.2, 0.25) is 5.91 Å². The Morgan fingerprint density at radius 3 is 2.75 bits per heavy atom. The normalized spacial score (nSPS) is 14.2. The maximum Gasteiger partial charge on any atom is 0.238 e. The molecule has 20 heavy (non-hydrogen) atoms. The smallest absolute Gasteiger partial charge is 0.238 e. The fourth-order valence-corrected chi connectivity index (χ4v) is 1.99. The molecule has 1 amide bonds. The Kier molecular flexibility index (Phi) is 3.78. The summed E-state index contributed by atoms with van der Waals surface area (Å²) in [7, 11) is 0. The number of hydrogen-bond acceptors (Lipinski definition) is 4. The van der Waals surface area contributed by atoms with Crippen LogP contribution in [-0.2, 0) is 4.79 Å². The number of carbonyl (C=O) groups excluding carboxylic acids is 1. The molecule has 1 aliphatic carbocycles. The highest BCUT2D eigenvalue weighted by molar-refractivity contribution is 5.92. The van der Waals surface area contributed by atoms with E-state index in [1.54, 1.807) is 6.20 Å². The van der Waals surface area contributed by atoms with Gasteiger partial charge < -0.3 is 15.1 Å². The van der Waals surface area contributed by atoms with E-state index in [9.17, 15) is 4.79 Å². The molecule has 2 N–H and O–H groups in total. The maximum atomic E-state index is 11.7. The number of aromatic nitrogens is 1. The maximum absolute atomic E-state index is 11.7. The van der Waals surface area contributed by atoms with Gasteiger partial charge in [-0.05, 0) is 49.6 Å². The standard InChI is InChI=1S/C15H17N3O2/c19-15(9-16-7-11-1-2-11)18-13-5-3-12(4-6-13)14-8-17-10-20-14/h3-6,8,10-11,16H,1-2,7,9H2,(H,18,19). The molecule has 5 nitrogen and oxygen atoms in total. The van der Waals surface area contributed by atoms with Gasteiger partial charge in [0.25, 0.3) is 0 Å². The first kappa shape index (κ1) is 12.9. The minimum absolute atomic E-state index is 0.0157. The minimum atomic E-state index is -0.0157. The van der Waals surface area contributed by atoms with E-state index in [2.05, 4.69) is 15.6 Å². The molecule has 1 saturated carbocycles. The van der Waals surface area contributed by atoms with E-state index in [1.165, 1.54) is 19.2 Å². The molecule has 0 radical (unpaired) electrons. The van der Waals surface area contributed by atoms with Crippen molar-refractivity contribution in [3.63, 3.8) is 0 Å². The summed E-state index contributed by atoms with van der Waals surface area (Å²) in [5, 5.41) is 6.03. The largest absolute Gasteiger partial charge is 0.444 e. The first-order valence-corrected chi connectivity index (χ1v) is 6.81. The third-order valence-electron chi connectivity index (χ3n) is 3.30. The second kappa shape index (κ2) is 5.88. The van der Waals surface area contributed by atoms with Crippen LogP contribution >= 0.6 is 0 Å². The molecule has 0 aliphatic heterocycles. The molecule has 104 valence electrons. The van der Waals surface area contributed by atoms with E-state index in [0.717, 1.165) is 23.7 Å². The molecule has 3 rings (SSSR count). The van der Waals surface area contributed by atoms with Crippen molar-refractivity contribution in [3.05, 3.63) is 36.9 Å². The molecule has 0 bridgehead atoms. The van der Waals surface area contributed by atoms with Crippen LogP contribution in [0.15, 0.2) is 41.3 Å². The van der Waals surface area contributed by atoms with E-state index < -0.39 is 0 Å². The Balaban J connectivity index is 1.50. The third kappa shape index (κ3) is 3.45.